The quantitative estimate of drug-likeness (QED) is 0.895. The largest absolute Gasteiger partial charge is 0.386 e. The fourth-order valence-electron chi connectivity index (χ4n) is 1.88. The smallest absolute Gasteiger partial charge is 0.125 e. The van der Waals surface area contributed by atoms with Gasteiger partial charge in [0, 0.05) is 24.9 Å². The van der Waals surface area contributed by atoms with Crippen LogP contribution in [0.25, 0.3) is 0 Å². The van der Waals surface area contributed by atoms with Crippen molar-refractivity contribution >= 4 is 0 Å². The lowest BCUT2D eigenvalue weighted by Crippen LogP contribution is -2.08. The Bertz CT molecular complexity index is 538. The first-order valence-corrected chi connectivity index (χ1v) is 6.61. The van der Waals surface area contributed by atoms with E-state index in [0.717, 1.165) is 12.1 Å². The van der Waals surface area contributed by atoms with Gasteiger partial charge in [-0.2, -0.15) is 5.10 Å². The molecular formula is C14H20N4O. The summed E-state index contributed by atoms with van der Waals surface area (Å²) in [6, 6.07) is 4.07. The van der Waals surface area contributed by atoms with Gasteiger partial charge < -0.3 is 5.11 Å². The van der Waals surface area contributed by atoms with Crippen LogP contribution in [0, 0.1) is 6.92 Å². The summed E-state index contributed by atoms with van der Waals surface area (Å²) in [5.74, 6) is 0.668. The Morgan fingerprint density at radius 1 is 1.37 bits per heavy atom. The number of aryl methyl sites for hydroxylation is 1. The molecule has 19 heavy (non-hydrogen) atoms. The highest BCUT2D eigenvalue weighted by Crippen LogP contribution is 2.16. The maximum absolute atomic E-state index is 10.2. The summed E-state index contributed by atoms with van der Waals surface area (Å²) >= 11 is 0. The van der Waals surface area contributed by atoms with Crippen LogP contribution in [0.4, 0.5) is 0 Å². The molecule has 0 radical (unpaired) electrons. The summed E-state index contributed by atoms with van der Waals surface area (Å²) < 4.78 is 1.94. The van der Waals surface area contributed by atoms with E-state index in [9.17, 15) is 5.11 Å². The molecule has 102 valence electrons. The van der Waals surface area contributed by atoms with Gasteiger partial charge >= 0.3 is 0 Å². The number of nitrogens with zero attached hydrogens (tertiary/aromatic N) is 4. The zero-order chi connectivity index (χ0) is 13.8. The third kappa shape index (κ3) is 3.38. The Morgan fingerprint density at radius 2 is 2.16 bits per heavy atom. The number of hydrogen-bond donors (Lipinski definition) is 1. The van der Waals surface area contributed by atoms with Crippen molar-refractivity contribution < 1.29 is 5.11 Å². The average molecular weight is 260 g/mol. The second-order valence-corrected chi connectivity index (χ2v) is 4.79. The molecule has 5 heteroatoms. The molecule has 0 amide bonds. The van der Waals surface area contributed by atoms with E-state index in [0.29, 0.717) is 24.0 Å². The number of rotatable bonds is 5. The second kappa shape index (κ2) is 5.93. The summed E-state index contributed by atoms with van der Waals surface area (Å²) in [6.45, 7) is 6.07. The van der Waals surface area contributed by atoms with E-state index >= 15 is 0 Å². The molecule has 0 aliphatic heterocycles. The summed E-state index contributed by atoms with van der Waals surface area (Å²) in [6.07, 6.45) is 4.50. The first-order valence-electron chi connectivity index (χ1n) is 6.61. The highest BCUT2D eigenvalue weighted by Gasteiger charge is 2.13. The zero-order valence-electron chi connectivity index (χ0n) is 11.6. The Hall–Kier alpha value is -1.75. The SMILES string of the molecule is CCC(C)n1ccc(CC(O)c2ccnc(C)n2)n1. The molecule has 5 nitrogen and oxygen atoms in total. The van der Waals surface area contributed by atoms with E-state index in [4.69, 9.17) is 0 Å². The van der Waals surface area contributed by atoms with Gasteiger partial charge in [0.2, 0.25) is 0 Å². The molecule has 0 aliphatic carbocycles. The average Bonchev–Trinajstić information content (AvgIpc) is 2.86. The van der Waals surface area contributed by atoms with Gasteiger partial charge in [0.15, 0.2) is 0 Å². The van der Waals surface area contributed by atoms with Crippen LogP contribution in [0.2, 0.25) is 0 Å². The monoisotopic (exact) mass is 260 g/mol. The minimum absolute atomic E-state index is 0.382. The van der Waals surface area contributed by atoms with Crippen molar-refractivity contribution in [1.82, 2.24) is 19.7 Å². The van der Waals surface area contributed by atoms with Gasteiger partial charge in [-0.15, -0.1) is 0 Å². The number of hydrogen-bond acceptors (Lipinski definition) is 4. The molecule has 0 aliphatic rings. The fourth-order valence-corrected chi connectivity index (χ4v) is 1.88. The third-order valence-electron chi connectivity index (χ3n) is 3.25. The number of aromatic nitrogens is 4. The molecule has 0 saturated carbocycles. The van der Waals surface area contributed by atoms with E-state index in [1.165, 1.54) is 0 Å². The summed E-state index contributed by atoms with van der Waals surface area (Å²) in [5.41, 5.74) is 1.52. The third-order valence-corrected chi connectivity index (χ3v) is 3.25. The van der Waals surface area contributed by atoms with Crippen molar-refractivity contribution in [2.24, 2.45) is 0 Å². The molecule has 2 rings (SSSR count). The van der Waals surface area contributed by atoms with Crippen molar-refractivity contribution in [3.63, 3.8) is 0 Å². The van der Waals surface area contributed by atoms with Crippen LogP contribution in [0.5, 0.6) is 0 Å². The highest BCUT2D eigenvalue weighted by molar-refractivity contribution is 5.10. The Morgan fingerprint density at radius 3 is 2.84 bits per heavy atom. The van der Waals surface area contributed by atoms with Crippen LogP contribution >= 0.6 is 0 Å². The normalized spacial score (nSPS) is 14.3. The zero-order valence-corrected chi connectivity index (χ0v) is 11.6. The lowest BCUT2D eigenvalue weighted by molar-refractivity contribution is 0.171. The van der Waals surface area contributed by atoms with Crippen LogP contribution in [0.1, 0.15) is 49.6 Å². The fraction of sp³-hybridized carbons (Fsp3) is 0.500. The maximum atomic E-state index is 10.2. The molecule has 2 aromatic rings. The Labute approximate surface area is 113 Å². The molecular weight excluding hydrogens is 240 g/mol. The van der Waals surface area contributed by atoms with E-state index in [1.54, 1.807) is 12.3 Å². The summed E-state index contributed by atoms with van der Waals surface area (Å²) in [4.78, 5) is 8.26. The highest BCUT2D eigenvalue weighted by atomic mass is 16.3. The van der Waals surface area contributed by atoms with Crippen LogP contribution in [0.3, 0.4) is 0 Å². The van der Waals surface area contributed by atoms with Crippen LogP contribution < -0.4 is 0 Å². The molecule has 2 aromatic heterocycles. The predicted molar refractivity (Wildman–Crippen MR) is 72.7 cm³/mol. The van der Waals surface area contributed by atoms with Crippen LogP contribution in [-0.4, -0.2) is 24.9 Å². The van der Waals surface area contributed by atoms with Crippen molar-refractivity contribution in [3.05, 3.63) is 41.7 Å². The summed E-state index contributed by atoms with van der Waals surface area (Å²) in [7, 11) is 0. The Balaban J connectivity index is 2.06. The van der Waals surface area contributed by atoms with Crippen molar-refractivity contribution in [1.29, 1.82) is 0 Å². The van der Waals surface area contributed by atoms with Crippen LogP contribution in [-0.2, 0) is 6.42 Å². The minimum Gasteiger partial charge on any atom is -0.386 e. The maximum Gasteiger partial charge on any atom is 0.125 e. The molecule has 2 heterocycles. The molecule has 0 fully saturated rings. The second-order valence-electron chi connectivity index (χ2n) is 4.79. The van der Waals surface area contributed by atoms with Gasteiger partial charge in [0.05, 0.1) is 11.4 Å². The van der Waals surface area contributed by atoms with E-state index in [-0.39, 0.29) is 0 Å². The number of aliphatic hydroxyl groups excluding tert-OH is 1. The predicted octanol–water partition coefficient (Wildman–Crippen LogP) is 2.23. The molecule has 1 N–H and O–H groups in total. The van der Waals surface area contributed by atoms with Gasteiger partial charge in [-0.1, -0.05) is 6.92 Å². The summed E-state index contributed by atoms with van der Waals surface area (Å²) in [5, 5.41) is 14.6. The van der Waals surface area contributed by atoms with Crippen molar-refractivity contribution in [2.75, 3.05) is 0 Å². The van der Waals surface area contributed by atoms with Crippen molar-refractivity contribution in [2.45, 2.75) is 45.8 Å². The molecule has 2 atom stereocenters. The Kier molecular flexibility index (Phi) is 4.27. The number of aliphatic hydroxyl groups is 1. The minimum atomic E-state index is -0.637. The van der Waals surface area contributed by atoms with E-state index in [2.05, 4.69) is 28.9 Å². The lowest BCUT2D eigenvalue weighted by Gasteiger charge is -2.10. The first-order chi connectivity index (χ1) is 9.10. The van der Waals surface area contributed by atoms with E-state index in [1.807, 2.05) is 23.9 Å². The standard InChI is InChI=1S/C14H20N4O/c1-4-10(2)18-8-6-12(17-18)9-14(19)13-5-7-15-11(3)16-13/h5-8,10,14,19H,4,9H2,1-3H3. The topological polar surface area (TPSA) is 63.8 Å². The molecule has 2 unspecified atom stereocenters. The molecule has 0 saturated heterocycles. The van der Waals surface area contributed by atoms with Gasteiger partial charge in [-0.05, 0) is 32.4 Å². The van der Waals surface area contributed by atoms with Gasteiger partial charge in [0.1, 0.15) is 11.9 Å². The van der Waals surface area contributed by atoms with Gasteiger partial charge in [-0.25, -0.2) is 9.97 Å². The van der Waals surface area contributed by atoms with E-state index < -0.39 is 6.10 Å². The first kappa shape index (κ1) is 13.7. The lowest BCUT2D eigenvalue weighted by atomic mass is 10.1. The van der Waals surface area contributed by atoms with Gasteiger partial charge in [0.25, 0.3) is 0 Å². The molecule has 0 bridgehead atoms. The van der Waals surface area contributed by atoms with Gasteiger partial charge in [-0.3, -0.25) is 4.68 Å². The molecule has 0 aromatic carbocycles. The molecule has 0 spiro atoms. The van der Waals surface area contributed by atoms with Crippen molar-refractivity contribution in [3.8, 4) is 0 Å². The van der Waals surface area contributed by atoms with Crippen LogP contribution in [0.15, 0.2) is 24.5 Å².